The van der Waals surface area contributed by atoms with Crippen molar-refractivity contribution in [1.82, 2.24) is 5.01 Å². The molecule has 2 N–H and O–H groups in total. The number of nitrogens with two attached hydrogens (primary N) is 1. The molecule has 0 aliphatic carbocycles. The Labute approximate surface area is 98.7 Å². The van der Waals surface area contributed by atoms with Crippen LogP contribution >= 0.6 is 23.2 Å². The fourth-order valence-corrected chi connectivity index (χ4v) is 1.44. The molecule has 3 nitrogen and oxygen atoms in total. The number of hydrazine groups is 1. The van der Waals surface area contributed by atoms with Crippen LogP contribution in [0.1, 0.15) is 12.0 Å². The molecule has 1 aromatic rings. The minimum atomic E-state index is -0.110. The third-order valence-corrected chi connectivity index (χ3v) is 2.74. The molecule has 1 rings (SSSR count). The second-order valence-corrected chi connectivity index (χ2v) is 4.07. The van der Waals surface area contributed by atoms with Crippen LogP contribution in [0.25, 0.3) is 0 Å². The van der Waals surface area contributed by atoms with Crippen LogP contribution in [0.15, 0.2) is 18.2 Å². The van der Waals surface area contributed by atoms with Gasteiger partial charge in [-0.2, -0.15) is 0 Å². The predicted octanol–water partition coefficient (Wildman–Crippen LogP) is 2.26. The fraction of sp³-hybridized carbons (Fsp3) is 0.300. The van der Waals surface area contributed by atoms with Crippen molar-refractivity contribution in [1.29, 1.82) is 0 Å². The molecule has 0 aliphatic heterocycles. The van der Waals surface area contributed by atoms with Crippen LogP contribution in [0.2, 0.25) is 10.0 Å². The number of carbonyl (C=O) groups is 1. The number of benzene rings is 1. The Morgan fingerprint density at radius 1 is 1.40 bits per heavy atom. The summed E-state index contributed by atoms with van der Waals surface area (Å²) in [5.74, 6) is 5.18. The molecule has 0 radical (unpaired) electrons. The second kappa shape index (κ2) is 5.35. The van der Waals surface area contributed by atoms with Gasteiger partial charge in [-0.05, 0) is 24.1 Å². The van der Waals surface area contributed by atoms with Crippen molar-refractivity contribution < 1.29 is 4.79 Å². The van der Waals surface area contributed by atoms with Crippen molar-refractivity contribution in [3.63, 3.8) is 0 Å². The molecule has 0 aromatic heterocycles. The highest BCUT2D eigenvalue weighted by molar-refractivity contribution is 6.42. The van der Waals surface area contributed by atoms with Gasteiger partial charge in [-0.3, -0.25) is 9.80 Å². The molecular weight excluding hydrogens is 235 g/mol. The van der Waals surface area contributed by atoms with Crippen LogP contribution in [0, 0.1) is 0 Å². The Morgan fingerprint density at radius 2 is 2.07 bits per heavy atom. The second-order valence-electron chi connectivity index (χ2n) is 3.25. The molecule has 5 heteroatoms. The van der Waals surface area contributed by atoms with E-state index in [1.807, 2.05) is 6.07 Å². The van der Waals surface area contributed by atoms with Gasteiger partial charge in [0.15, 0.2) is 0 Å². The molecule has 0 fully saturated rings. The molecule has 0 atom stereocenters. The van der Waals surface area contributed by atoms with E-state index in [1.54, 1.807) is 12.1 Å². The number of rotatable bonds is 3. The fourth-order valence-electron chi connectivity index (χ4n) is 1.12. The Balaban J connectivity index is 2.58. The Morgan fingerprint density at radius 3 is 2.60 bits per heavy atom. The quantitative estimate of drug-likeness (QED) is 0.506. The van der Waals surface area contributed by atoms with Crippen LogP contribution < -0.4 is 5.84 Å². The van der Waals surface area contributed by atoms with E-state index in [0.717, 1.165) is 10.6 Å². The van der Waals surface area contributed by atoms with Gasteiger partial charge in [0.1, 0.15) is 0 Å². The Hall–Kier alpha value is -0.770. The summed E-state index contributed by atoms with van der Waals surface area (Å²) in [5, 5.41) is 2.10. The lowest BCUT2D eigenvalue weighted by Crippen LogP contribution is -2.33. The number of hydrogen-bond donors (Lipinski definition) is 1. The average molecular weight is 247 g/mol. The predicted molar refractivity (Wildman–Crippen MR) is 61.7 cm³/mol. The first-order valence-corrected chi connectivity index (χ1v) is 5.21. The maximum absolute atomic E-state index is 11.2. The third-order valence-electron chi connectivity index (χ3n) is 2.00. The van der Waals surface area contributed by atoms with E-state index in [2.05, 4.69) is 0 Å². The van der Waals surface area contributed by atoms with Gasteiger partial charge in [-0.25, -0.2) is 5.84 Å². The van der Waals surface area contributed by atoms with Crippen molar-refractivity contribution in [2.24, 2.45) is 5.84 Å². The van der Waals surface area contributed by atoms with Crippen LogP contribution in [-0.2, 0) is 11.2 Å². The molecule has 1 amide bonds. The minimum absolute atomic E-state index is 0.110. The molecular formula is C10H12Cl2N2O. The molecule has 0 unspecified atom stereocenters. The van der Waals surface area contributed by atoms with Gasteiger partial charge < -0.3 is 0 Å². The van der Waals surface area contributed by atoms with E-state index in [1.165, 1.54) is 7.05 Å². The summed E-state index contributed by atoms with van der Waals surface area (Å²) in [6.07, 6.45) is 0.974. The summed E-state index contributed by atoms with van der Waals surface area (Å²) in [6.45, 7) is 0. The number of nitrogens with zero attached hydrogens (tertiary/aromatic N) is 1. The minimum Gasteiger partial charge on any atom is -0.284 e. The van der Waals surface area contributed by atoms with E-state index in [0.29, 0.717) is 22.9 Å². The van der Waals surface area contributed by atoms with Crippen molar-refractivity contribution in [3.05, 3.63) is 33.8 Å². The maximum atomic E-state index is 11.2. The summed E-state index contributed by atoms with van der Waals surface area (Å²) < 4.78 is 0. The molecule has 0 bridgehead atoms. The van der Waals surface area contributed by atoms with E-state index in [-0.39, 0.29) is 5.91 Å². The van der Waals surface area contributed by atoms with Crippen LogP contribution in [0.4, 0.5) is 0 Å². The molecule has 0 saturated heterocycles. The molecule has 0 saturated carbocycles. The molecule has 0 aliphatic rings. The van der Waals surface area contributed by atoms with Crippen molar-refractivity contribution in [2.45, 2.75) is 12.8 Å². The monoisotopic (exact) mass is 246 g/mol. The van der Waals surface area contributed by atoms with E-state index >= 15 is 0 Å². The number of halogens is 2. The summed E-state index contributed by atoms with van der Waals surface area (Å²) >= 11 is 11.6. The van der Waals surface area contributed by atoms with Gasteiger partial charge in [0.25, 0.3) is 0 Å². The van der Waals surface area contributed by atoms with Crippen LogP contribution in [0.5, 0.6) is 0 Å². The Bertz CT molecular complexity index is 366. The molecule has 0 spiro atoms. The smallest absolute Gasteiger partial charge is 0.236 e. The van der Waals surface area contributed by atoms with Gasteiger partial charge in [0.2, 0.25) is 5.91 Å². The highest BCUT2D eigenvalue weighted by Crippen LogP contribution is 2.23. The molecule has 15 heavy (non-hydrogen) atoms. The lowest BCUT2D eigenvalue weighted by atomic mass is 10.1. The number of hydrogen-bond acceptors (Lipinski definition) is 2. The lowest BCUT2D eigenvalue weighted by molar-refractivity contribution is -0.130. The van der Waals surface area contributed by atoms with Crippen molar-refractivity contribution in [3.8, 4) is 0 Å². The zero-order chi connectivity index (χ0) is 11.4. The largest absolute Gasteiger partial charge is 0.284 e. The summed E-state index contributed by atoms with van der Waals surface area (Å²) in [4.78, 5) is 11.2. The summed E-state index contributed by atoms with van der Waals surface area (Å²) in [6, 6.07) is 5.32. The van der Waals surface area contributed by atoms with Crippen LogP contribution in [0.3, 0.4) is 0 Å². The summed E-state index contributed by atoms with van der Waals surface area (Å²) in [5.41, 5.74) is 0.972. The van der Waals surface area contributed by atoms with Crippen molar-refractivity contribution >= 4 is 29.1 Å². The van der Waals surface area contributed by atoms with Gasteiger partial charge in [-0.15, -0.1) is 0 Å². The van der Waals surface area contributed by atoms with E-state index in [4.69, 9.17) is 29.0 Å². The zero-order valence-electron chi connectivity index (χ0n) is 8.34. The highest BCUT2D eigenvalue weighted by atomic mass is 35.5. The number of carbonyl (C=O) groups excluding carboxylic acids is 1. The third kappa shape index (κ3) is 3.70. The summed E-state index contributed by atoms with van der Waals surface area (Å²) in [7, 11) is 1.52. The standard InChI is InChI=1S/C10H12Cl2N2O/c1-14(13)10(15)5-3-7-2-4-8(11)9(12)6-7/h2,4,6H,3,5,13H2,1H3. The Kier molecular flexibility index (Phi) is 4.39. The topological polar surface area (TPSA) is 46.3 Å². The number of aryl methyl sites for hydroxylation is 1. The van der Waals surface area contributed by atoms with Gasteiger partial charge in [-0.1, -0.05) is 29.3 Å². The number of amides is 1. The first-order chi connectivity index (χ1) is 7.00. The molecule has 0 heterocycles. The van der Waals surface area contributed by atoms with E-state index in [9.17, 15) is 4.79 Å². The first kappa shape index (κ1) is 12.3. The lowest BCUT2D eigenvalue weighted by Gasteiger charge is -2.09. The highest BCUT2D eigenvalue weighted by Gasteiger charge is 2.05. The molecule has 1 aromatic carbocycles. The SMILES string of the molecule is CN(N)C(=O)CCc1ccc(Cl)c(Cl)c1. The van der Waals surface area contributed by atoms with Gasteiger partial charge in [0, 0.05) is 13.5 Å². The maximum Gasteiger partial charge on any atom is 0.236 e. The van der Waals surface area contributed by atoms with Crippen LogP contribution in [-0.4, -0.2) is 18.0 Å². The normalized spacial score (nSPS) is 10.1. The average Bonchev–Trinajstić information content (AvgIpc) is 2.19. The zero-order valence-corrected chi connectivity index (χ0v) is 9.85. The first-order valence-electron chi connectivity index (χ1n) is 4.46. The molecule has 82 valence electrons. The van der Waals surface area contributed by atoms with E-state index < -0.39 is 0 Å². The van der Waals surface area contributed by atoms with Gasteiger partial charge in [0.05, 0.1) is 10.0 Å². The van der Waals surface area contributed by atoms with Crippen molar-refractivity contribution in [2.75, 3.05) is 7.05 Å². The van der Waals surface area contributed by atoms with Gasteiger partial charge >= 0.3 is 0 Å².